The van der Waals surface area contributed by atoms with Gasteiger partial charge in [-0.05, 0) is 43.3 Å². The van der Waals surface area contributed by atoms with Crippen LogP contribution in [0, 0.1) is 6.92 Å². The normalized spacial score (nSPS) is 14.4. The number of para-hydroxylation sites is 2. The average Bonchev–Trinajstić information content (AvgIpc) is 2.88. The second-order valence-electron chi connectivity index (χ2n) is 8.20. The van der Waals surface area contributed by atoms with Crippen LogP contribution < -0.4 is 10.1 Å². The van der Waals surface area contributed by atoms with Gasteiger partial charge < -0.3 is 15.0 Å². The minimum atomic E-state index is -3.60. The van der Waals surface area contributed by atoms with Gasteiger partial charge in [-0.3, -0.25) is 9.59 Å². The van der Waals surface area contributed by atoms with Crippen molar-refractivity contribution in [2.75, 3.05) is 38.1 Å². The first-order valence-corrected chi connectivity index (χ1v) is 12.7. The maximum Gasteiger partial charge on any atom is 0.260 e. The molecule has 3 aromatic carbocycles. The highest BCUT2D eigenvalue weighted by molar-refractivity contribution is 7.89. The number of carbonyl (C=O) groups is 2. The molecule has 3 aromatic rings. The maximum atomic E-state index is 12.9. The summed E-state index contributed by atoms with van der Waals surface area (Å²) < 4.78 is 32.9. The Morgan fingerprint density at radius 3 is 2.17 bits per heavy atom. The number of sulfonamides is 1. The van der Waals surface area contributed by atoms with Gasteiger partial charge in [-0.2, -0.15) is 4.31 Å². The molecule has 8 nitrogen and oxygen atoms in total. The number of amides is 2. The van der Waals surface area contributed by atoms with Crippen molar-refractivity contribution in [3.05, 3.63) is 90.0 Å². The van der Waals surface area contributed by atoms with Crippen LogP contribution in [0.1, 0.15) is 15.9 Å². The highest BCUT2D eigenvalue weighted by atomic mass is 32.2. The van der Waals surface area contributed by atoms with Crippen molar-refractivity contribution in [3.63, 3.8) is 0 Å². The molecule has 1 saturated heterocycles. The van der Waals surface area contributed by atoms with E-state index in [1.54, 1.807) is 65.6 Å². The third kappa shape index (κ3) is 5.87. The molecule has 0 aliphatic carbocycles. The number of hydrogen-bond donors (Lipinski definition) is 1. The summed E-state index contributed by atoms with van der Waals surface area (Å²) in [7, 11) is -3.60. The molecule has 0 radical (unpaired) electrons. The van der Waals surface area contributed by atoms with Crippen LogP contribution in [-0.4, -0.2) is 62.2 Å². The van der Waals surface area contributed by atoms with Crippen LogP contribution >= 0.6 is 0 Å². The summed E-state index contributed by atoms with van der Waals surface area (Å²) in [4.78, 5) is 27.3. The number of benzene rings is 3. The summed E-state index contributed by atoms with van der Waals surface area (Å²) in [6, 6.07) is 22.5. The van der Waals surface area contributed by atoms with Crippen LogP contribution in [0.15, 0.2) is 83.8 Å². The van der Waals surface area contributed by atoms with Crippen molar-refractivity contribution in [2.45, 2.75) is 11.8 Å². The van der Waals surface area contributed by atoms with Crippen LogP contribution in [0.5, 0.6) is 5.75 Å². The molecule has 0 atom stereocenters. The molecule has 1 N–H and O–H groups in total. The number of anilines is 1. The fourth-order valence-corrected chi connectivity index (χ4v) is 5.19. The lowest BCUT2D eigenvalue weighted by Crippen LogP contribution is -2.51. The molecule has 0 saturated carbocycles. The Morgan fingerprint density at radius 1 is 0.857 bits per heavy atom. The number of carbonyl (C=O) groups excluding carboxylic acids is 2. The maximum absolute atomic E-state index is 12.9. The van der Waals surface area contributed by atoms with Gasteiger partial charge >= 0.3 is 0 Å². The molecule has 1 heterocycles. The van der Waals surface area contributed by atoms with E-state index in [1.165, 1.54) is 4.31 Å². The van der Waals surface area contributed by atoms with Gasteiger partial charge in [0.25, 0.3) is 11.8 Å². The lowest BCUT2D eigenvalue weighted by atomic mass is 10.2. The number of hydrogen-bond acceptors (Lipinski definition) is 5. The largest absolute Gasteiger partial charge is 0.483 e. The number of aryl methyl sites for hydroxylation is 1. The average molecular weight is 494 g/mol. The lowest BCUT2D eigenvalue weighted by molar-refractivity contribution is -0.134. The summed E-state index contributed by atoms with van der Waals surface area (Å²) in [6.45, 7) is 2.60. The summed E-state index contributed by atoms with van der Waals surface area (Å²) >= 11 is 0. The fourth-order valence-electron chi connectivity index (χ4n) is 3.77. The second kappa shape index (κ2) is 10.7. The monoisotopic (exact) mass is 493 g/mol. The lowest BCUT2D eigenvalue weighted by Gasteiger charge is -2.34. The topological polar surface area (TPSA) is 96.0 Å². The summed E-state index contributed by atoms with van der Waals surface area (Å²) in [5.41, 5.74) is 1.96. The zero-order valence-electron chi connectivity index (χ0n) is 19.4. The highest BCUT2D eigenvalue weighted by Crippen LogP contribution is 2.21. The first-order chi connectivity index (χ1) is 16.8. The van der Waals surface area contributed by atoms with E-state index in [2.05, 4.69) is 5.32 Å². The first-order valence-electron chi connectivity index (χ1n) is 11.3. The van der Waals surface area contributed by atoms with Gasteiger partial charge in [0.1, 0.15) is 5.75 Å². The molecular formula is C26H27N3O5S. The molecule has 9 heteroatoms. The van der Waals surface area contributed by atoms with Crippen molar-refractivity contribution >= 4 is 27.5 Å². The Labute approximate surface area is 205 Å². The fraction of sp³-hybridized carbons (Fsp3) is 0.231. The molecule has 1 fully saturated rings. The number of nitrogens with one attached hydrogen (secondary N) is 1. The zero-order valence-corrected chi connectivity index (χ0v) is 20.2. The SMILES string of the molecule is Cc1ccc(S(=O)(=O)N2CCN(C(=O)COc3ccccc3C(=O)Nc3ccccc3)CC2)cc1. The van der Waals surface area contributed by atoms with Crippen LogP contribution in [0.3, 0.4) is 0 Å². The Bertz CT molecular complexity index is 1290. The van der Waals surface area contributed by atoms with E-state index in [0.29, 0.717) is 17.0 Å². The summed E-state index contributed by atoms with van der Waals surface area (Å²) in [6.07, 6.45) is 0. The van der Waals surface area contributed by atoms with Crippen molar-refractivity contribution in [1.82, 2.24) is 9.21 Å². The zero-order chi connectivity index (χ0) is 24.8. The van der Waals surface area contributed by atoms with Gasteiger partial charge in [-0.15, -0.1) is 0 Å². The van der Waals surface area contributed by atoms with Crippen molar-refractivity contribution in [3.8, 4) is 5.75 Å². The van der Waals surface area contributed by atoms with E-state index in [-0.39, 0.29) is 49.5 Å². The molecule has 2 amide bonds. The first kappa shape index (κ1) is 24.4. The van der Waals surface area contributed by atoms with Crippen molar-refractivity contribution in [2.24, 2.45) is 0 Å². The number of rotatable bonds is 7. The molecule has 4 rings (SSSR count). The van der Waals surface area contributed by atoms with Gasteiger partial charge in [0.15, 0.2) is 6.61 Å². The van der Waals surface area contributed by atoms with E-state index in [9.17, 15) is 18.0 Å². The van der Waals surface area contributed by atoms with E-state index in [1.807, 2.05) is 25.1 Å². The van der Waals surface area contributed by atoms with E-state index in [4.69, 9.17) is 4.74 Å². The Kier molecular flexibility index (Phi) is 7.48. The molecule has 35 heavy (non-hydrogen) atoms. The van der Waals surface area contributed by atoms with E-state index >= 15 is 0 Å². The Hall–Kier alpha value is -3.69. The molecule has 182 valence electrons. The quantitative estimate of drug-likeness (QED) is 0.546. The summed E-state index contributed by atoms with van der Waals surface area (Å²) in [5.74, 6) is -0.306. The molecule has 0 aromatic heterocycles. The second-order valence-corrected chi connectivity index (χ2v) is 10.1. The van der Waals surface area contributed by atoms with Crippen LogP contribution in [0.2, 0.25) is 0 Å². The third-order valence-electron chi connectivity index (χ3n) is 5.76. The van der Waals surface area contributed by atoms with Gasteiger partial charge in [0, 0.05) is 31.9 Å². The van der Waals surface area contributed by atoms with Crippen LogP contribution in [0.25, 0.3) is 0 Å². The van der Waals surface area contributed by atoms with Gasteiger partial charge in [-0.25, -0.2) is 8.42 Å². The predicted octanol–water partition coefficient (Wildman–Crippen LogP) is 3.16. The number of piperazine rings is 1. The van der Waals surface area contributed by atoms with Gasteiger partial charge in [-0.1, -0.05) is 48.0 Å². The van der Waals surface area contributed by atoms with E-state index in [0.717, 1.165) is 5.56 Å². The minimum absolute atomic E-state index is 0.206. The summed E-state index contributed by atoms with van der Waals surface area (Å²) in [5, 5.41) is 2.81. The molecule has 0 bridgehead atoms. The standard InChI is InChI=1S/C26H27N3O5S/c1-20-11-13-22(14-12-20)35(32,33)29-17-15-28(16-18-29)25(30)19-34-24-10-6-5-9-23(24)26(31)27-21-7-3-2-4-8-21/h2-14H,15-19H2,1H3,(H,27,31). The minimum Gasteiger partial charge on any atom is -0.483 e. The number of nitrogens with zero attached hydrogens (tertiary/aromatic N) is 2. The molecule has 1 aliphatic heterocycles. The van der Waals surface area contributed by atoms with Gasteiger partial charge in [0.05, 0.1) is 10.5 Å². The van der Waals surface area contributed by atoms with Crippen LogP contribution in [0.4, 0.5) is 5.69 Å². The molecule has 0 unspecified atom stereocenters. The smallest absolute Gasteiger partial charge is 0.260 e. The van der Waals surface area contributed by atoms with Gasteiger partial charge in [0.2, 0.25) is 10.0 Å². The Balaban J connectivity index is 1.33. The third-order valence-corrected chi connectivity index (χ3v) is 7.68. The molecular weight excluding hydrogens is 466 g/mol. The molecule has 1 aliphatic rings. The van der Waals surface area contributed by atoms with Crippen molar-refractivity contribution in [1.29, 1.82) is 0 Å². The van der Waals surface area contributed by atoms with Crippen molar-refractivity contribution < 1.29 is 22.7 Å². The Morgan fingerprint density at radius 2 is 1.49 bits per heavy atom. The predicted molar refractivity (Wildman–Crippen MR) is 133 cm³/mol. The number of ether oxygens (including phenoxy) is 1. The van der Waals surface area contributed by atoms with E-state index < -0.39 is 10.0 Å². The molecule has 0 spiro atoms. The highest BCUT2D eigenvalue weighted by Gasteiger charge is 2.30. The van der Waals surface area contributed by atoms with Crippen LogP contribution in [-0.2, 0) is 14.8 Å².